The molecule has 0 radical (unpaired) electrons. The Bertz CT molecular complexity index is 788. The van der Waals surface area contributed by atoms with E-state index in [4.69, 9.17) is 0 Å². The van der Waals surface area contributed by atoms with Crippen LogP contribution in [0.15, 0.2) is 62.6 Å². The minimum Gasteiger partial charge on any atom is -0.365 e. The Morgan fingerprint density at radius 2 is 1.67 bits per heavy atom. The Balaban J connectivity index is 2.01. The van der Waals surface area contributed by atoms with Gasteiger partial charge in [-0.1, -0.05) is 50.9 Å². The van der Waals surface area contributed by atoms with Gasteiger partial charge in [-0.2, -0.15) is 10.1 Å². The maximum Gasteiger partial charge on any atom is 0.276 e. The molecule has 1 atom stereocenters. The van der Waals surface area contributed by atoms with Crippen LogP contribution in [0.25, 0.3) is 0 Å². The van der Waals surface area contributed by atoms with Crippen molar-refractivity contribution in [3.8, 4) is 0 Å². The number of benzene rings is 2. The number of nitrogens with zero attached hydrogens (tertiary/aromatic N) is 2. The molecule has 24 heavy (non-hydrogen) atoms. The molecule has 1 aliphatic rings. The van der Waals surface area contributed by atoms with Gasteiger partial charge in [0.1, 0.15) is 0 Å². The number of hydrogen-bond acceptors (Lipinski definition) is 3. The third-order valence-electron chi connectivity index (χ3n) is 4.04. The van der Waals surface area contributed by atoms with Crippen molar-refractivity contribution in [3.63, 3.8) is 0 Å². The van der Waals surface area contributed by atoms with Crippen molar-refractivity contribution in [2.45, 2.75) is 25.5 Å². The second-order valence-corrected chi connectivity index (χ2v) is 7.48. The monoisotopic (exact) mass is 450 g/mol. The maximum absolute atomic E-state index is 12.9. The molecule has 6 heteroatoms. The van der Waals surface area contributed by atoms with E-state index in [-0.39, 0.29) is 5.91 Å². The van der Waals surface area contributed by atoms with Gasteiger partial charge in [0.15, 0.2) is 5.72 Å². The van der Waals surface area contributed by atoms with Gasteiger partial charge in [-0.15, -0.1) is 0 Å². The van der Waals surface area contributed by atoms with Crippen molar-refractivity contribution in [1.82, 2.24) is 5.01 Å². The molecule has 1 unspecified atom stereocenters. The van der Waals surface area contributed by atoms with Gasteiger partial charge >= 0.3 is 0 Å². The van der Waals surface area contributed by atoms with Crippen molar-refractivity contribution in [3.05, 3.63) is 68.6 Å². The fourth-order valence-electron chi connectivity index (χ4n) is 2.68. The fraction of sp³-hybridized carbons (Fsp3) is 0.222. The quantitative estimate of drug-likeness (QED) is 0.737. The lowest BCUT2D eigenvalue weighted by Crippen LogP contribution is -2.43. The largest absolute Gasteiger partial charge is 0.365 e. The Labute approximate surface area is 157 Å². The molecule has 0 saturated carbocycles. The minimum absolute atomic E-state index is 0.313. The standard InChI is InChI=1S/C18H16Br2N2O2/c1-2-16-11-18(24,13-5-9-15(20)10-6-13)22(21-16)17(23)12-3-7-14(19)8-4-12/h3-10,24H,2,11H2,1H3. The summed E-state index contributed by atoms with van der Waals surface area (Å²) in [5.74, 6) is -0.323. The summed E-state index contributed by atoms with van der Waals surface area (Å²) in [4.78, 5) is 12.9. The zero-order valence-corrected chi connectivity index (χ0v) is 16.2. The molecule has 0 aliphatic carbocycles. The molecular weight excluding hydrogens is 436 g/mol. The Kier molecular flexibility index (Phi) is 4.90. The van der Waals surface area contributed by atoms with Gasteiger partial charge in [0, 0.05) is 32.2 Å². The van der Waals surface area contributed by atoms with Crippen LogP contribution in [0.2, 0.25) is 0 Å². The van der Waals surface area contributed by atoms with E-state index in [2.05, 4.69) is 37.0 Å². The van der Waals surface area contributed by atoms with Crippen molar-refractivity contribution in [2.24, 2.45) is 5.10 Å². The SMILES string of the molecule is CCC1=NN(C(=O)c2ccc(Br)cc2)C(O)(c2ccc(Br)cc2)C1. The number of halogens is 2. The molecule has 0 aromatic heterocycles. The maximum atomic E-state index is 12.9. The van der Waals surface area contributed by atoms with Gasteiger partial charge in [0.25, 0.3) is 5.91 Å². The summed E-state index contributed by atoms with van der Waals surface area (Å²) in [5, 5.41) is 16.9. The zero-order valence-electron chi connectivity index (χ0n) is 13.0. The molecule has 0 saturated heterocycles. The number of carbonyl (C=O) groups excluding carboxylic acids is 1. The lowest BCUT2D eigenvalue weighted by atomic mass is 9.96. The first-order valence-electron chi connectivity index (χ1n) is 7.59. The lowest BCUT2D eigenvalue weighted by molar-refractivity contribution is -0.0765. The van der Waals surface area contributed by atoms with E-state index in [1.807, 2.05) is 19.1 Å². The second-order valence-electron chi connectivity index (χ2n) is 5.64. The van der Waals surface area contributed by atoms with Crippen LogP contribution < -0.4 is 0 Å². The minimum atomic E-state index is -1.46. The molecular formula is C18H16Br2N2O2. The molecule has 124 valence electrons. The topological polar surface area (TPSA) is 52.9 Å². The van der Waals surface area contributed by atoms with Gasteiger partial charge in [0.2, 0.25) is 0 Å². The van der Waals surface area contributed by atoms with Crippen LogP contribution >= 0.6 is 31.9 Å². The number of amides is 1. The van der Waals surface area contributed by atoms with Gasteiger partial charge in [-0.05, 0) is 42.8 Å². The fourth-order valence-corrected chi connectivity index (χ4v) is 3.21. The van der Waals surface area contributed by atoms with E-state index >= 15 is 0 Å². The number of hydrogen-bond donors (Lipinski definition) is 1. The summed E-state index contributed by atoms with van der Waals surface area (Å²) >= 11 is 6.75. The summed E-state index contributed by atoms with van der Waals surface area (Å²) in [5.41, 5.74) is 0.458. The Hall–Kier alpha value is -1.50. The average molecular weight is 452 g/mol. The number of aliphatic hydroxyl groups is 1. The summed E-state index contributed by atoms with van der Waals surface area (Å²) < 4.78 is 1.80. The van der Waals surface area contributed by atoms with Crippen LogP contribution in [0, 0.1) is 0 Å². The zero-order chi connectivity index (χ0) is 17.3. The predicted octanol–water partition coefficient (Wildman–Crippen LogP) is 4.67. The predicted molar refractivity (Wildman–Crippen MR) is 101 cm³/mol. The summed E-state index contributed by atoms with van der Waals surface area (Å²) in [6, 6.07) is 14.3. The summed E-state index contributed by atoms with van der Waals surface area (Å²) in [6.07, 6.45) is 0.996. The molecule has 1 heterocycles. The van der Waals surface area contributed by atoms with Crippen molar-refractivity contribution >= 4 is 43.5 Å². The Morgan fingerprint density at radius 1 is 1.12 bits per heavy atom. The van der Waals surface area contributed by atoms with Gasteiger partial charge in [-0.25, -0.2) is 0 Å². The highest BCUT2D eigenvalue weighted by molar-refractivity contribution is 9.10. The molecule has 1 amide bonds. The molecule has 0 bridgehead atoms. The number of rotatable bonds is 3. The van der Waals surface area contributed by atoms with Crippen LogP contribution in [0.3, 0.4) is 0 Å². The van der Waals surface area contributed by atoms with Gasteiger partial charge in [0.05, 0.1) is 0 Å². The molecule has 3 rings (SSSR count). The second kappa shape index (κ2) is 6.78. The van der Waals surface area contributed by atoms with E-state index < -0.39 is 5.72 Å². The van der Waals surface area contributed by atoms with Gasteiger partial charge in [-0.3, -0.25) is 4.79 Å². The van der Waals surface area contributed by atoms with Crippen LogP contribution in [0.4, 0.5) is 0 Å². The smallest absolute Gasteiger partial charge is 0.276 e. The normalized spacial score (nSPS) is 20.2. The molecule has 4 nitrogen and oxygen atoms in total. The highest BCUT2D eigenvalue weighted by atomic mass is 79.9. The number of carbonyl (C=O) groups is 1. The van der Waals surface area contributed by atoms with Crippen LogP contribution in [0.1, 0.15) is 35.7 Å². The van der Waals surface area contributed by atoms with E-state index in [9.17, 15) is 9.90 Å². The lowest BCUT2D eigenvalue weighted by Gasteiger charge is -2.31. The van der Waals surface area contributed by atoms with Crippen LogP contribution in [0.5, 0.6) is 0 Å². The first kappa shape index (κ1) is 17.3. The highest BCUT2D eigenvalue weighted by Gasteiger charge is 2.45. The molecule has 0 fully saturated rings. The summed E-state index contributed by atoms with van der Waals surface area (Å²) in [7, 11) is 0. The molecule has 2 aromatic carbocycles. The van der Waals surface area contributed by atoms with Gasteiger partial charge < -0.3 is 5.11 Å². The first-order chi connectivity index (χ1) is 11.4. The van der Waals surface area contributed by atoms with E-state index in [1.165, 1.54) is 5.01 Å². The van der Waals surface area contributed by atoms with Crippen molar-refractivity contribution < 1.29 is 9.90 Å². The van der Waals surface area contributed by atoms with E-state index in [0.29, 0.717) is 24.0 Å². The van der Waals surface area contributed by atoms with E-state index in [1.54, 1.807) is 36.4 Å². The third kappa shape index (κ3) is 3.18. The van der Waals surface area contributed by atoms with Crippen LogP contribution in [-0.4, -0.2) is 21.7 Å². The number of hydrazone groups is 1. The van der Waals surface area contributed by atoms with E-state index in [0.717, 1.165) is 14.7 Å². The van der Waals surface area contributed by atoms with Crippen LogP contribution in [-0.2, 0) is 5.72 Å². The first-order valence-corrected chi connectivity index (χ1v) is 9.17. The molecule has 2 aromatic rings. The van der Waals surface area contributed by atoms with Crippen molar-refractivity contribution in [1.29, 1.82) is 0 Å². The average Bonchev–Trinajstić information content (AvgIpc) is 2.93. The highest BCUT2D eigenvalue weighted by Crippen LogP contribution is 2.37. The van der Waals surface area contributed by atoms with Crippen molar-refractivity contribution in [2.75, 3.05) is 0 Å². The Morgan fingerprint density at radius 3 is 2.21 bits per heavy atom. The molecule has 0 spiro atoms. The third-order valence-corrected chi connectivity index (χ3v) is 5.10. The molecule has 1 aliphatic heterocycles. The molecule has 1 N–H and O–H groups in total. The summed E-state index contributed by atoms with van der Waals surface area (Å²) in [6.45, 7) is 1.97.